The lowest BCUT2D eigenvalue weighted by atomic mass is 10.1. The Hall–Kier alpha value is -3.32. The molecular weight excluding hydrogens is 424 g/mol. The third-order valence-corrected chi connectivity index (χ3v) is 6.80. The monoisotopic (exact) mass is 452 g/mol. The first-order chi connectivity index (χ1) is 15.3. The summed E-state index contributed by atoms with van der Waals surface area (Å²) in [5.74, 6) is 0.233. The van der Waals surface area contributed by atoms with E-state index in [-0.39, 0.29) is 17.5 Å². The van der Waals surface area contributed by atoms with Crippen LogP contribution in [0.3, 0.4) is 0 Å². The molecule has 1 N–H and O–H groups in total. The number of rotatable bonds is 9. The van der Waals surface area contributed by atoms with Crippen LogP contribution in [0.25, 0.3) is 0 Å². The molecule has 0 bridgehead atoms. The summed E-state index contributed by atoms with van der Waals surface area (Å²) in [5.41, 5.74) is 2.28. The normalized spacial score (nSPS) is 12.1. The molecule has 0 aliphatic rings. The van der Waals surface area contributed by atoms with Crippen LogP contribution in [0.2, 0.25) is 0 Å². The number of nitrogens with one attached hydrogen (secondary N) is 1. The molecule has 3 rings (SSSR count). The molecule has 0 fully saturated rings. The molecule has 1 unspecified atom stereocenters. The number of ether oxygens (including phenoxy) is 1. The number of sulfonamides is 1. The molecule has 0 spiro atoms. The highest BCUT2D eigenvalue weighted by Gasteiger charge is 2.27. The maximum absolute atomic E-state index is 13.5. The standard InChI is InChI=1S/C25H28N2O4S/c1-4-31-23-14-12-22(13-15-23)27(32(29,30)24-16-10-19(2)11-17-24)18-25(28)26-20(3)21-8-6-5-7-9-21/h5-17,20H,4,18H2,1-3H3,(H,26,28). The Morgan fingerprint density at radius 3 is 2.19 bits per heavy atom. The maximum atomic E-state index is 13.5. The van der Waals surface area contributed by atoms with Crippen molar-refractivity contribution in [2.75, 3.05) is 17.5 Å². The molecule has 0 heterocycles. The van der Waals surface area contributed by atoms with Gasteiger partial charge in [-0.3, -0.25) is 9.10 Å². The zero-order valence-corrected chi connectivity index (χ0v) is 19.3. The molecule has 7 heteroatoms. The quantitative estimate of drug-likeness (QED) is 0.520. The second-order valence-electron chi connectivity index (χ2n) is 7.45. The lowest BCUT2D eigenvalue weighted by molar-refractivity contribution is -0.120. The third kappa shape index (κ3) is 5.68. The Kier molecular flexibility index (Phi) is 7.53. The summed E-state index contributed by atoms with van der Waals surface area (Å²) in [7, 11) is -3.96. The van der Waals surface area contributed by atoms with E-state index in [4.69, 9.17) is 4.74 Å². The van der Waals surface area contributed by atoms with Crippen LogP contribution in [0.1, 0.15) is 31.0 Å². The summed E-state index contributed by atoms with van der Waals surface area (Å²) < 4.78 is 33.5. The minimum atomic E-state index is -3.96. The highest BCUT2D eigenvalue weighted by atomic mass is 32.2. The minimum Gasteiger partial charge on any atom is -0.494 e. The van der Waals surface area contributed by atoms with Crippen molar-refractivity contribution < 1.29 is 17.9 Å². The van der Waals surface area contributed by atoms with Gasteiger partial charge in [0.2, 0.25) is 5.91 Å². The zero-order chi connectivity index (χ0) is 23.1. The summed E-state index contributed by atoms with van der Waals surface area (Å²) in [5, 5.41) is 2.89. The van der Waals surface area contributed by atoms with Gasteiger partial charge in [-0.15, -0.1) is 0 Å². The molecule has 0 aliphatic carbocycles. The smallest absolute Gasteiger partial charge is 0.264 e. The second-order valence-corrected chi connectivity index (χ2v) is 9.31. The van der Waals surface area contributed by atoms with Gasteiger partial charge < -0.3 is 10.1 Å². The van der Waals surface area contributed by atoms with Gasteiger partial charge in [0.05, 0.1) is 23.2 Å². The summed E-state index contributed by atoms with van der Waals surface area (Å²) in [6.45, 7) is 5.79. The van der Waals surface area contributed by atoms with E-state index in [0.29, 0.717) is 18.0 Å². The van der Waals surface area contributed by atoms with E-state index in [0.717, 1.165) is 15.4 Å². The Labute approximate surface area is 189 Å². The van der Waals surface area contributed by atoms with Crippen LogP contribution >= 0.6 is 0 Å². The van der Waals surface area contributed by atoms with E-state index in [1.165, 1.54) is 0 Å². The predicted molar refractivity (Wildman–Crippen MR) is 126 cm³/mol. The molecular formula is C25H28N2O4S. The average molecular weight is 453 g/mol. The zero-order valence-electron chi connectivity index (χ0n) is 18.5. The lowest BCUT2D eigenvalue weighted by Crippen LogP contribution is -2.41. The van der Waals surface area contributed by atoms with Gasteiger partial charge in [-0.25, -0.2) is 8.42 Å². The van der Waals surface area contributed by atoms with Crippen molar-refractivity contribution >= 4 is 21.6 Å². The van der Waals surface area contributed by atoms with Crippen molar-refractivity contribution in [3.8, 4) is 5.75 Å². The Morgan fingerprint density at radius 1 is 0.969 bits per heavy atom. The van der Waals surface area contributed by atoms with Crippen molar-refractivity contribution in [3.63, 3.8) is 0 Å². The van der Waals surface area contributed by atoms with Crippen LogP contribution < -0.4 is 14.4 Å². The first kappa shape index (κ1) is 23.3. The number of nitrogens with zero attached hydrogens (tertiary/aromatic N) is 1. The highest BCUT2D eigenvalue weighted by molar-refractivity contribution is 7.92. The first-order valence-corrected chi connectivity index (χ1v) is 11.9. The van der Waals surface area contributed by atoms with E-state index in [1.54, 1.807) is 48.5 Å². The predicted octanol–water partition coefficient (Wildman–Crippen LogP) is 4.47. The van der Waals surface area contributed by atoms with Gasteiger partial charge >= 0.3 is 0 Å². The van der Waals surface area contributed by atoms with Crippen LogP contribution in [0.5, 0.6) is 5.75 Å². The topological polar surface area (TPSA) is 75.7 Å². The molecule has 0 aliphatic heterocycles. The largest absolute Gasteiger partial charge is 0.494 e. The molecule has 0 aromatic heterocycles. The van der Waals surface area contributed by atoms with Gasteiger partial charge in [-0.2, -0.15) is 0 Å². The molecule has 3 aromatic rings. The molecule has 0 saturated heterocycles. The maximum Gasteiger partial charge on any atom is 0.264 e. The fourth-order valence-electron chi connectivity index (χ4n) is 3.27. The summed E-state index contributed by atoms with van der Waals surface area (Å²) >= 11 is 0. The number of carbonyl (C=O) groups is 1. The van der Waals surface area contributed by atoms with E-state index >= 15 is 0 Å². The lowest BCUT2D eigenvalue weighted by Gasteiger charge is -2.25. The average Bonchev–Trinajstić information content (AvgIpc) is 2.79. The van der Waals surface area contributed by atoms with E-state index in [9.17, 15) is 13.2 Å². The van der Waals surface area contributed by atoms with Crippen LogP contribution in [0.15, 0.2) is 83.8 Å². The van der Waals surface area contributed by atoms with Gasteiger partial charge in [0.1, 0.15) is 12.3 Å². The number of carbonyl (C=O) groups excluding carboxylic acids is 1. The molecule has 3 aromatic carbocycles. The van der Waals surface area contributed by atoms with Crippen molar-refractivity contribution in [1.29, 1.82) is 0 Å². The SMILES string of the molecule is CCOc1ccc(N(CC(=O)NC(C)c2ccccc2)S(=O)(=O)c2ccc(C)cc2)cc1. The van der Waals surface area contributed by atoms with E-state index in [1.807, 2.05) is 51.1 Å². The number of anilines is 1. The number of hydrogen-bond donors (Lipinski definition) is 1. The third-order valence-electron chi connectivity index (χ3n) is 5.01. The van der Waals surface area contributed by atoms with E-state index < -0.39 is 15.9 Å². The van der Waals surface area contributed by atoms with Crippen LogP contribution in [0.4, 0.5) is 5.69 Å². The van der Waals surface area contributed by atoms with Crippen LogP contribution in [-0.2, 0) is 14.8 Å². The molecule has 168 valence electrons. The summed E-state index contributed by atoms with van der Waals surface area (Å²) in [6.07, 6.45) is 0. The molecule has 0 saturated carbocycles. The fraction of sp³-hybridized carbons (Fsp3) is 0.240. The molecule has 32 heavy (non-hydrogen) atoms. The first-order valence-electron chi connectivity index (χ1n) is 10.5. The van der Waals surface area contributed by atoms with Crippen molar-refractivity contribution in [3.05, 3.63) is 90.0 Å². The van der Waals surface area contributed by atoms with Gasteiger partial charge in [0, 0.05) is 0 Å². The highest BCUT2D eigenvalue weighted by Crippen LogP contribution is 2.26. The van der Waals surface area contributed by atoms with Gasteiger partial charge in [0.25, 0.3) is 10.0 Å². The molecule has 1 atom stereocenters. The molecule has 0 radical (unpaired) electrons. The van der Waals surface area contributed by atoms with Crippen molar-refractivity contribution in [2.24, 2.45) is 0 Å². The Bertz CT molecular complexity index is 1130. The van der Waals surface area contributed by atoms with Crippen molar-refractivity contribution in [2.45, 2.75) is 31.7 Å². The number of hydrogen-bond acceptors (Lipinski definition) is 4. The van der Waals surface area contributed by atoms with Gasteiger partial charge in [0.15, 0.2) is 0 Å². The van der Waals surface area contributed by atoms with Crippen molar-refractivity contribution in [1.82, 2.24) is 5.32 Å². The van der Waals surface area contributed by atoms with Crippen LogP contribution in [0, 0.1) is 6.92 Å². The minimum absolute atomic E-state index is 0.126. The fourth-order valence-corrected chi connectivity index (χ4v) is 4.69. The van der Waals surface area contributed by atoms with Gasteiger partial charge in [-0.1, -0.05) is 48.0 Å². The Morgan fingerprint density at radius 2 is 1.59 bits per heavy atom. The van der Waals surface area contributed by atoms with Gasteiger partial charge in [-0.05, 0) is 62.7 Å². The molecule has 6 nitrogen and oxygen atoms in total. The van der Waals surface area contributed by atoms with Crippen LogP contribution in [-0.4, -0.2) is 27.5 Å². The molecule has 1 amide bonds. The number of aryl methyl sites for hydroxylation is 1. The van der Waals surface area contributed by atoms with E-state index in [2.05, 4.69) is 5.32 Å². The summed E-state index contributed by atoms with van der Waals surface area (Å²) in [6, 6.07) is 22.5. The second kappa shape index (κ2) is 10.3. The Balaban J connectivity index is 1.89. The number of benzene rings is 3. The summed E-state index contributed by atoms with van der Waals surface area (Å²) in [4.78, 5) is 13.0. The number of amides is 1.